The van der Waals surface area contributed by atoms with Crippen LogP contribution in [0.3, 0.4) is 0 Å². The van der Waals surface area contributed by atoms with E-state index in [-0.39, 0.29) is 18.7 Å². The van der Waals surface area contributed by atoms with Gasteiger partial charge in [-0.1, -0.05) is 23.7 Å². The van der Waals surface area contributed by atoms with E-state index in [0.29, 0.717) is 22.1 Å². The summed E-state index contributed by atoms with van der Waals surface area (Å²) in [6.07, 6.45) is 0.0685. The maximum atomic E-state index is 13.1. The molecular formula is C26H30ClN3O5. The zero-order valence-electron chi connectivity index (χ0n) is 20.8. The minimum absolute atomic E-state index is 0.0309. The van der Waals surface area contributed by atoms with Crippen LogP contribution in [0.25, 0.3) is 5.69 Å². The van der Waals surface area contributed by atoms with E-state index in [0.717, 1.165) is 28.2 Å². The molecule has 3 rings (SSSR count). The molecule has 1 heterocycles. The molecule has 1 aromatic heterocycles. The Bertz CT molecular complexity index is 1240. The summed E-state index contributed by atoms with van der Waals surface area (Å²) in [6, 6.07) is 10.4. The number of carbonyl (C=O) groups excluding carboxylic acids is 2. The van der Waals surface area contributed by atoms with E-state index in [9.17, 15) is 9.59 Å². The molecule has 0 spiro atoms. The molecule has 0 aliphatic carbocycles. The molecule has 2 aromatic carbocycles. The van der Waals surface area contributed by atoms with Crippen LogP contribution in [0, 0.1) is 20.8 Å². The van der Waals surface area contributed by atoms with Crippen LogP contribution in [0.4, 0.5) is 0 Å². The maximum absolute atomic E-state index is 13.1. The second kappa shape index (κ2) is 11.3. The highest BCUT2D eigenvalue weighted by molar-refractivity contribution is 6.31. The number of amides is 1. The molecule has 186 valence electrons. The molecule has 3 aromatic rings. The summed E-state index contributed by atoms with van der Waals surface area (Å²) in [5, 5.41) is 8.23. The molecule has 0 bridgehead atoms. The molecule has 1 unspecified atom stereocenters. The summed E-state index contributed by atoms with van der Waals surface area (Å²) in [5.41, 5.74) is 4.88. The Balaban J connectivity index is 1.85. The van der Waals surface area contributed by atoms with Crippen molar-refractivity contribution in [1.29, 1.82) is 0 Å². The van der Waals surface area contributed by atoms with Crippen molar-refractivity contribution < 1.29 is 23.8 Å². The fourth-order valence-corrected chi connectivity index (χ4v) is 4.05. The van der Waals surface area contributed by atoms with Crippen molar-refractivity contribution in [3.05, 3.63) is 69.5 Å². The first-order valence-corrected chi connectivity index (χ1v) is 11.5. The smallest absolute Gasteiger partial charge is 0.307 e. The Morgan fingerprint density at radius 2 is 1.74 bits per heavy atom. The molecule has 0 fully saturated rings. The number of halogens is 1. The molecule has 0 saturated heterocycles. The molecule has 0 aliphatic rings. The number of hydrogen-bond acceptors (Lipinski definition) is 6. The largest absolute Gasteiger partial charge is 0.493 e. The lowest BCUT2D eigenvalue weighted by Crippen LogP contribution is -2.32. The minimum Gasteiger partial charge on any atom is -0.493 e. The third-order valence-corrected chi connectivity index (χ3v) is 6.33. The van der Waals surface area contributed by atoms with Gasteiger partial charge in [0.1, 0.15) is 0 Å². The number of ether oxygens (including phenoxy) is 3. The van der Waals surface area contributed by atoms with Gasteiger partial charge in [-0.15, -0.1) is 0 Å². The topological polar surface area (TPSA) is 91.7 Å². The molecule has 0 radical (unpaired) electrons. The Morgan fingerprint density at radius 1 is 1.03 bits per heavy atom. The summed E-state index contributed by atoms with van der Waals surface area (Å²) >= 11 is 6.30. The summed E-state index contributed by atoms with van der Waals surface area (Å²) in [4.78, 5) is 25.2. The molecule has 35 heavy (non-hydrogen) atoms. The highest BCUT2D eigenvalue weighted by Crippen LogP contribution is 2.31. The van der Waals surface area contributed by atoms with Gasteiger partial charge in [-0.05, 0) is 56.2 Å². The first kappa shape index (κ1) is 26.1. The zero-order valence-corrected chi connectivity index (χ0v) is 21.5. The highest BCUT2D eigenvalue weighted by atomic mass is 35.5. The van der Waals surface area contributed by atoms with Crippen molar-refractivity contribution in [3.63, 3.8) is 0 Å². The number of benzene rings is 2. The molecule has 0 saturated carbocycles. The number of nitrogens with zero attached hydrogens (tertiary/aromatic N) is 2. The first-order chi connectivity index (χ1) is 16.7. The molecule has 1 amide bonds. The third-order valence-electron chi connectivity index (χ3n) is 5.92. The average Bonchev–Trinajstić information content (AvgIpc) is 3.12. The van der Waals surface area contributed by atoms with Crippen LogP contribution >= 0.6 is 11.6 Å². The van der Waals surface area contributed by atoms with E-state index in [1.54, 1.807) is 30.0 Å². The van der Waals surface area contributed by atoms with E-state index < -0.39 is 12.0 Å². The number of esters is 1. The predicted molar refractivity (Wildman–Crippen MR) is 134 cm³/mol. The van der Waals surface area contributed by atoms with E-state index >= 15 is 0 Å². The second-order valence-corrected chi connectivity index (χ2v) is 8.59. The Hall–Kier alpha value is -3.52. The van der Waals surface area contributed by atoms with Crippen LogP contribution in [0.5, 0.6) is 11.5 Å². The van der Waals surface area contributed by atoms with Crippen molar-refractivity contribution in [2.24, 2.45) is 0 Å². The van der Waals surface area contributed by atoms with Crippen LogP contribution in [0.15, 0.2) is 36.4 Å². The van der Waals surface area contributed by atoms with Gasteiger partial charge in [-0.25, -0.2) is 4.68 Å². The molecule has 1 N–H and O–H groups in total. The lowest BCUT2D eigenvalue weighted by molar-refractivity contribution is -0.141. The van der Waals surface area contributed by atoms with Crippen LogP contribution in [0.1, 0.15) is 40.5 Å². The fourth-order valence-electron chi connectivity index (χ4n) is 3.87. The van der Waals surface area contributed by atoms with Gasteiger partial charge in [0.25, 0.3) is 0 Å². The quantitative estimate of drug-likeness (QED) is 0.438. The standard InChI is InChI=1S/C26H30ClN3O5/c1-15-7-9-19(12-21(15)27)30-17(3)20(16(2)29-30)13-25(31)28-22(14-26(32)35-6)18-8-10-23(33-4)24(11-18)34-5/h7-12,22H,13-14H2,1-6H3,(H,28,31). The fraction of sp³-hybridized carbons (Fsp3) is 0.346. The Morgan fingerprint density at radius 3 is 2.37 bits per heavy atom. The summed E-state index contributed by atoms with van der Waals surface area (Å²) < 4.78 is 17.3. The van der Waals surface area contributed by atoms with Gasteiger partial charge in [-0.3, -0.25) is 9.59 Å². The second-order valence-electron chi connectivity index (χ2n) is 8.19. The van der Waals surface area contributed by atoms with E-state index in [2.05, 4.69) is 10.4 Å². The van der Waals surface area contributed by atoms with Crippen molar-refractivity contribution in [1.82, 2.24) is 15.1 Å². The first-order valence-electron chi connectivity index (χ1n) is 11.1. The number of aryl methyl sites for hydroxylation is 2. The lowest BCUT2D eigenvalue weighted by atomic mass is 10.0. The Kier molecular flexibility index (Phi) is 8.40. The maximum Gasteiger partial charge on any atom is 0.307 e. The highest BCUT2D eigenvalue weighted by Gasteiger charge is 2.23. The van der Waals surface area contributed by atoms with Crippen LogP contribution in [0.2, 0.25) is 5.02 Å². The van der Waals surface area contributed by atoms with Crippen LogP contribution in [-0.2, 0) is 20.7 Å². The number of methoxy groups -OCH3 is 3. The van der Waals surface area contributed by atoms with E-state index in [1.807, 2.05) is 39.0 Å². The number of rotatable bonds is 9. The third kappa shape index (κ3) is 5.95. The normalized spacial score (nSPS) is 11.6. The van der Waals surface area contributed by atoms with Gasteiger partial charge in [0.05, 0.1) is 51.6 Å². The number of nitrogens with one attached hydrogen (secondary N) is 1. The van der Waals surface area contributed by atoms with Gasteiger partial charge in [-0.2, -0.15) is 5.10 Å². The molecular weight excluding hydrogens is 470 g/mol. The van der Waals surface area contributed by atoms with E-state index in [1.165, 1.54) is 14.2 Å². The van der Waals surface area contributed by atoms with Crippen molar-refractivity contribution in [2.75, 3.05) is 21.3 Å². The predicted octanol–water partition coefficient (Wildman–Crippen LogP) is 4.43. The number of carbonyl (C=O) groups is 2. The SMILES string of the molecule is COC(=O)CC(NC(=O)Cc1c(C)nn(-c2ccc(C)c(Cl)c2)c1C)c1ccc(OC)c(OC)c1. The monoisotopic (exact) mass is 499 g/mol. The average molecular weight is 500 g/mol. The van der Waals surface area contributed by atoms with Crippen molar-refractivity contribution in [3.8, 4) is 17.2 Å². The number of hydrogen-bond donors (Lipinski definition) is 1. The van der Waals surface area contributed by atoms with Gasteiger partial charge in [0, 0.05) is 16.3 Å². The van der Waals surface area contributed by atoms with Crippen molar-refractivity contribution in [2.45, 2.75) is 39.7 Å². The van der Waals surface area contributed by atoms with Crippen LogP contribution < -0.4 is 14.8 Å². The summed E-state index contributed by atoms with van der Waals surface area (Å²) in [5.74, 6) is 0.357. The van der Waals surface area contributed by atoms with Gasteiger partial charge in [0.15, 0.2) is 11.5 Å². The Labute approximate surface area is 210 Å². The molecule has 9 heteroatoms. The minimum atomic E-state index is -0.610. The lowest BCUT2D eigenvalue weighted by Gasteiger charge is -2.20. The zero-order chi connectivity index (χ0) is 25.7. The van der Waals surface area contributed by atoms with Gasteiger partial charge in [0.2, 0.25) is 5.91 Å². The summed E-state index contributed by atoms with van der Waals surface area (Å²) in [7, 11) is 4.38. The van der Waals surface area contributed by atoms with Gasteiger partial charge < -0.3 is 19.5 Å². The molecule has 1 atom stereocenters. The van der Waals surface area contributed by atoms with Gasteiger partial charge >= 0.3 is 5.97 Å². The van der Waals surface area contributed by atoms with Crippen LogP contribution in [-0.4, -0.2) is 43.0 Å². The van der Waals surface area contributed by atoms with Crippen molar-refractivity contribution >= 4 is 23.5 Å². The number of aromatic nitrogens is 2. The molecule has 0 aliphatic heterocycles. The molecule has 8 nitrogen and oxygen atoms in total. The summed E-state index contributed by atoms with van der Waals surface area (Å²) in [6.45, 7) is 5.71. The van der Waals surface area contributed by atoms with E-state index in [4.69, 9.17) is 25.8 Å².